The van der Waals surface area contributed by atoms with Crippen molar-refractivity contribution in [2.75, 3.05) is 19.0 Å². The molecule has 19 heavy (non-hydrogen) atoms. The SMILES string of the molecule is CCC[C@](C)(CO)NC(=O)Nc1ccccc1OC. The highest BCUT2D eigenvalue weighted by atomic mass is 16.5. The number of ether oxygens (including phenoxy) is 1. The molecule has 0 spiro atoms. The second kappa shape index (κ2) is 6.99. The average molecular weight is 266 g/mol. The second-order valence-electron chi connectivity index (χ2n) is 4.75. The minimum Gasteiger partial charge on any atom is -0.495 e. The Morgan fingerprint density at radius 3 is 2.68 bits per heavy atom. The van der Waals surface area contributed by atoms with Crippen LogP contribution >= 0.6 is 0 Å². The Bertz CT molecular complexity index is 423. The van der Waals surface area contributed by atoms with Gasteiger partial charge in [-0.05, 0) is 25.5 Å². The Hall–Kier alpha value is -1.75. The molecule has 0 fully saturated rings. The maximum absolute atomic E-state index is 11.9. The summed E-state index contributed by atoms with van der Waals surface area (Å²) in [5, 5.41) is 14.9. The van der Waals surface area contributed by atoms with Crippen molar-refractivity contribution < 1.29 is 14.6 Å². The fourth-order valence-electron chi connectivity index (χ4n) is 1.91. The quantitative estimate of drug-likeness (QED) is 0.740. The molecule has 1 rings (SSSR count). The van der Waals surface area contributed by atoms with Gasteiger partial charge in [0.2, 0.25) is 0 Å². The number of benzene rings is 1. The van der Waals surface area contributed by atoms with Crippen molar-refractivity contribution in [3.63, 3.8) is 0 Å². The molecule has 5 heteroatoms. The molecular weight excluding hydrogens is 244 g/mol. The molecule has 0 unspecified atom stereocenters. The number of hydrogen-bond donors (Lipinski definition) is 3. The standard InChI is InChI=1S/C14H22N2O3/c1-4-9-14(2,10-17)16-13(18)15-11-7-5-6-8-12(11)19-3/h5-8,17H,4,9-10H2,1-3H3,(H2,15,16,18)/t14-/m1/s1. The van der Waals surface area contributed by atoms with E-state index in [2.05, 4.69) is 10.6 Å². The first-order chi connectivity index (χ1) is 9.04. The normalized spacial score (nSPS) is 13.5. The van der Waals surface area contributed by atoms with Crippen molar-refractivity contribution in [2.24, 2.45) is 0 Å². The number of aliphatic hydroxyl groups excluding tert-OH is 1. The third-order valence-electron chi connectivity index (χ3n) is 2.92. The number of amides is 2. The lowest BCUT2D eigenvalue weighted by Crippen LogP contribution is -2.50. The van der Waals surface area contributed by atoms with Gasteiger partial charge in [0.05, 0.1) is 24.9 Å². The summed E-state index contributed by atoms with van der Waals surface area (Å²) in [6.45, 7) is 3.73. The van der Waals surface area contributed by atoms with E-state index in [0.29, 0.717) is 17.9 Å². The number of rotatable bonds is 6. The van der Waals surface area contributed by atoms with Crippen LogP contribution in [-0.2, 0) is 0 Å². The van der Waals surface area contributed by atoms with Crippen LogP contribution in [0, 0.1) is 0 Å². The first-order valence-electron chi connectivity index (χ1n) is 6.37. The van der Waals surface area contributed by atoms with Crippen LogP contribution < -0.4 is 15.4 Å². The molecule has 0 saturated carbocycles. The number of carbonyl (C=O) groups excluding carboxylic acids is 1. The molecule has 0 saturated heterocycles. The Balaban J connectivity index is 2.69. The van der Waals surface area contributed by atoms with Crippen LogP contribution in [0.1, 0.15) is 26.7 Å². The highest BCUT2D eigenvalue weighted by Gasteiger charge is 2.24. The van der Waals surface area contributed by atoms with Gasteiger partial charge in [-0.25, -0.2) is 4.79 Å². The van der Waals surface area contributed by atoms with Gasteiger partial charge < -0.3 is 20.5 Å². The highest BCUT2D eigenvalue weighted by Crippen LogP contribution is 2.23. The summed E-state index contributed by atoms with van der Waals surface area (Å²) in [6.07, 6.45) is 1.59. The summed E-state index contributed by atoms with van der Waals surface area (Å²) < 4.78 is 5.16. The molecule has 0 aromatic heterocycles. The zero-order valence-electron chi connectivity index (χ0n) is 11.7. The molecule has 0 heterocycles. The fraction of sp³-hybridized carbons (Fsp3) is 0.500. The highest BCUT2D eigenvalue weighted by molar-refractivity contribution is 5.91. The van der Waals surface area contributed by atoms with Crippen LogP contribution in [0.25, 0.3) is 0 Å². The monoisotopic (exact) mass is 266 g/mol. The van der Waals surface area contributed by atoms with E-state index in [1.54, 1.807) is 19.2 Å². The Morgan fingerprint density at radius 1 is 1.42 bits per heavy atom. The maximum Gasteiger partial charge on any atom is 0.319 e. The lowest BCUT2D eigenvalue weighted by Gasteiger charge is -2.28. The number of aliphatic hydroxyl groups is 1. The molecule has 0 aliphatic carbocycles. The molecule has 0 radical (unpaired) electrons. The van der Waals surface area contributed by atoms with Crippen molar-refractivity contribution in [3.05, 3.63) is 24.3 Å². The third kappa shape index (κ3) is 4.44. The van der Waals surface area contributed by atoms with E-state index < -0.39 is 5.54 Å². The van der Waals surface area contributed by atoms with Gasteiger partial charge in [-0.2, -0.15) is 0 Å². The smallest absolute Gasteiger partial charge is 0.319 e. The number of nitrogens with one attached hydrogen (secondary N) is 2. The summed E-state index contributed by atoms with van der Waals surface area (Å²) in [5.74, 6) is 0.596. The zero-order valence-corrected chi connectivity index (χ0v) is 11.7. The van der Waals surface area contributed by atoms with Gasteiger partial charge >= 0.3 is 6.03 Å². The number of anilines is 1. The molecule has 0 aliphatic rings. The van der Waals surface area contributed by atoms with Crippen LogP contribution in [0.2, 0.25) is 0 Å². The summed E-state index contributed by atoms with van der Waals surface area (Å²) in [7, 11) is 1.55. The number of para-hydroxylation sites is 2. The van der Waals surface area contributed by atoms with Crippen molar-refractivity contribution in [2.45, 2.75) is 32.2 Å². The number of hydrogen-bond acceptors (Lipinski definition) is 3. The Labute approximate surface area is 114 Å². The van der Waals surface area contributed by atoms with E-state index in [-0.39, 0.29) is 12.6 Å². The minimum atomic E-state index is -0.610. The Kier molecular flexibility index (Phi) is 5.63. The van der Waals surface area contributed by atoms with E-state index in [4.69, 9.17) is 4.74 Å². The average Bonchev–Trinajstić information content (AvgIpc) is 2.39. The van der Waals surface area contributed by atoms with E-state index in [1.807, 2.05) is 26.0 Å². The van der Waals surface area contributed by atoms with E-state index in [1.165, 1.54) is 0 Å². The van der Waals surface area contributed by atoms with Gasteiger partial charge in [-0.1, -0.05) is 25.5 Å². The number of carbonyl (C=O) groups is 1. The molecule has 5 nitrogen and oxygen atoms in total. The summed E-state index contributed by atoms with van der Waals surface area (Å²) in [5.41, 5.74) is -0.0137. The van der Waals surface area contributed by atoms with Gasteiger partial charge in [0, 0.05) is 0 Å². The first-order valence-corrected chi connectivity index (χ1v) is 6.37. The van der Waals surface area contributed by atoms with Gasteiger partial charge in [0.15, 0.2) is 0 Å². The van der Waals surface area contributed by atoms with Crippen molar-refractivity contribution in [1.29, 1.82) is 0 Å². The molecule has 1 aromatic rings. The molecule has 2 amide bonds. The van der Waals surface area contributed by atoms with E-state index in [9.17, 15) is 9.90 Å². The van der Waals surface area contributed by atoms with Crippen LogP contribution in [0.4, 0.5) is 10.5 Å². The molecule has 3 N–H and O–H groups in total. The summed E-state index contributed by atoms with van der Waals surface area (Å²) in [6, 6.07) is 6.82. The predicted octanol–water partition coefficient (Wildman–Crippen LogP) is 2.37. The summed E-state index contributed by atoms with van der Waals surface area (Å²) in [4.78, 5) is 11.9. The van der Waals surface area contributed by atoms with E-state index in [0.717, 1.165) is 6.42 Å². The minimum absolute atomic E-state index is 0.0970. The molecule has 1 atom stereocenters. The first kappa shape index (κ1) is 15.3. The second-order valence-corrected chi connectivity index (χ2v) is 4.75. The number of urea groups is 1. The predicted molar refractivity (Wildman–Crippen MR) is 75.5 cm³/mol. The van der Waals surface area contributed by atoms with Crippen LogP contribution in [0.15, 0.2) is 24.3 Å². The van der Waals surface area contributed by atoms with Gasteiger partial charge in [-0.3, -0.25) is 0 Å². The fourth-order valence-corrected chi connectivity index (χ4v) is 1.91. The van der Waals surface area contributed by atoms with Crippen LogP contribution in [0.3, 0.4) is 0 Å². The number of methoxy groups -OCH3 is 1. The molecule has 0 bridgehead atoms. The van der Waals surface area contributed by atoms with Gasteiger partial charge in [0.25, 0.3) is 0 Å². The lowest BCUT2D eigenvalue weighted by atomic mass is 9.98. The van der Waals surface area contributed by atoms with Crippen molar-refractivity contribution >= 4 is 11.7 Å². The van der Waals surface area contributed by atoms with Crippen LogP contribution in [-0.4, -0.2) is 30.4 Å². The van der Waals surface area contributed by atoms with Crippen molar-refractivity contribution in [3.8, 4) is 5.75 Å². The lowest BCUT2D eigenvalue weighted by molar-refractivity contribution is 0.167. The largest absolute Gasteiger partial charge is 0.495 e. The van der Waals surface area contributed by atoms with Gasteiger partial charge in [-0.15, -0.1) is 0 Å². The Morgan fingerprint density at radius 2 is 2.11 bits per heavy atom. The zero-order chi connectivity index (χ0) is 14.3. The third-order valence-corrected chi connectivity index (χ3v) is 2.92. The molecule has 106 valence electrons. The molecule has 0 aliphatic heterocycles. The van der Waals surface area contributed by atoms with E-state index >= 15 is 0 Å². The van der Waals surface area contributed by atoms with Crippen LogP contribution in [0.5, 0.6) is 5.75 Å². The topological polar surface area (TPSA) is 70.6 Å². The summed E-state index contributed by atoms with van der Waals surface area (Å²) >= 11 is 0. The molecule has 1 aromatic carbocycles. The van der Waals surface area contributed by atoms with Crippen molar-refractivity contribution in [1.82, 2.24) is 5.32 Å². The van der Waals surface area contributed by atoms with Gasteiger partial charge in [0.1, 0.15) is 5.75 Å². The maximum atomic E-state index is 11.9. The molecular formula is C14H22N2O3.